The van der Waals surface area contributed by atoms with Gasteiger partial charge in [-0.25, -0.2) is 4.79 Å². The van der Waals surface area contributed by atoms with Gasteiger partial charge < -0.3 is 4.74 Å². The number of ketones is 1. The first-order chi connectivity index (χ1) is 8.13. The van der Waals surface area contributed by atoms with Gasteiger partial charge >= 0.3 is 5.97 Å². The Bertz CT molecular complexity index is 491. The smallest absolute Gasteiger partial charge is 0.338 e. The fourth-order valence-corrected chi connectivity index (χ4v) is 1.53. The molecule has 1 rings (SSSR count). The van der Waals surface area contributed by atoms with Crippen LogP contribution >= 0.6 is 11.6 Å². The number of carbonyl (C=O) groups excluding carboxylic acids is 2. The van der Waals surface area contributed by atoms with Crippen LogP contribution in [0.4, 0.5) is 0 Å². The van der Waals surface area contributed by atoms with Gasteiger partial charge in [0.2, 0.25) is 0 Å². The molecule has 17 heavy (non-hydrogen) atoms. The Morgan fingerprint density at radius 2 is 2.12 bits per heavy atom. The third kappa shape index (κ3) is 3.05. The summed E-state index contributed by atoms with van der Waals surface area (Å²) in [6.07, 6.45) is 0.136. The summed E-state index contributed by atoms with van der Waals surface area (Å²) >= 11 is 5.48. The van der Waals surface area contributed by atoms with E-state index in [1.165, 1.54) is 25.3 Å². The first kappa shape index (κ1) is 13.2. The van der Waals surface area contributed by atoms with Gasteiger partial charge in [-0.3, -0.25) is 4.79 Å². The zero-order valence-corrected chi connectivity index (χ0v) is 9.95. The quantitative estimate of drug-likeness (QED) is 0.467. The molecule has 0 aliphatic rings. The number of rotatable bonds is 4. The Morgan fingerprint density at radius 3 is 2.65 bits per heavy atom. The summed E-state index contributed by atoms with van der Waals surface area (Å²) in [5.41, 5.74) is 0.631. The fraction of sp³-hybridized carbons (Fsp3) is 0.250. The van der Waals surface area contributed by atoms with E-state index < -0.39 is 5.97 Å². The van der Waals surface area contributed by atoms with Crippen LogP contribution in [0.25, 0.3) is 0 Å². The Kier molecular flexibility index (Phi) is 4.68. The molecule has 0 bridgehead atoms. The maximum atomic E-state index is 11.7. The van der Waals surface area contributed by atoms with Gasteiger partial charge in [-0.1, -0.05) is 0 Å². The Labute approximate surface area is 104 Å². The molecule has 0 saturated heterocycles. The molecule has 0 fully saturated rings. The number of nitrogens with zero attached hydrogens (tertiary/aromatic N) is 1. The number of hydrogen-bond acceptors (Lipinski definition) is 4. The van der Waals surface area contributed by atoms with Crippen molar-refractivity contribution in [2.75, 3.05) is 13.0 Å². The van der Waals surface area contributed by atoms with E-state index in [1.54, 1.807) is 0 Å². The Balaban J connectivity index is 3.25. The number of benzene rings is 1. The van der Waals surface area contributed by atoms with Crippen molar-refractivity contribution in [1.82, 2.24) is 0 Å². The summed E-state index contributed by atoms with van der Waals surface area (Å²) in [7, 11) is 1.22. The minimum Gasteiger partial charge on any atom is -0.465 e. The molecule has 5 heteroatoms. The third-order valence-electron chi connectivity index (χ3n) is 2.18. The average Bonchev–Trinajstić information content (AvgIpc) is 2.37. The van der Waals surface area contributed by atoms with Crippen LogP contribution in [-0.2, 0) is 4.74 Å². The van der Waals surface area contributed by atoms with Crippen LogP contribution in [0.2, 0.25) is 0 Å². The lowest BCUT2D eigenvalue weighted by molar-refractivity contribution is 0.0597. The van der Waals surface area contributed by atoms with Crippen molar-refractivity contribution in [3.8, 4) is 6.07 Å². The molecule has 0 saturated carbocycles. The number of hydrogen-bond donors (Lipinski definition) is 0. The zero-order chi connectivity index (χ0) is 12.8. The van der Waals surface area contributed by atoms with Gasteiger partial charge in [0.25, 0.3) is 0 Å². The largest absolute Gasteiger partial charge is 0.465 e. The van der Waals surface area contributed by atoms with Crippen molar-refractivity contribution in [2.45, 2.75) is 6.42 Å². The minimum atomic E-state index is -0.639. The molecule has 1 aromatic carbocycles. The third-order valence-corrected chi connectivity index (χ3v) is 2.36. The van der Waals surface area contributed by atoms with Gasteiger partial charge in [0.15, 0.2) is 5.78 Å². The number of nitriles is 1. The average molecular weight is 252 g/mol. The van der Waals surface area contributed by atoms with E-state index in [0.717, 1.165) is 0 Å². The number of esters is 1. The lowest BCUT2D eigenvalue weighted by atomic mass is 10.00. The maximum absolute atomic E-state index is 11.7. The van der Waals surface area contributed by atoms with E-state index in [4.69, 9.17) is 16.9 Å². The monoisotopic (exact) mass is 251 g/mol. The van der Waals surface area contributed by atoms with E-state index in [0.29, 0.717) is 5.56 Å². The van der Waals surface area contributed by atoms with Gasteiger partial charge in [-0.2, -0.15) is 5.26 Å². The highest BCUT2D eigenvalue weighted by Gasteiger charge is 2.17. The van der Waals surface area contributed by atoms with Gasteiger partial charge in [0, 0.05) is 17.9 Å². The summed E-state index contributed by atoms with van der Waals surface area (Å²) in [5, 5.41) is 8.74. The molecule has 0 amide bonds. The molecule has 0 unspecified atom stereocenters. The van der Waals surface area contributed by atoms with Crippen LogP contribution in [0.1, 0.15) is 32.7 Å². The topological polar surface area (TPSA) is 67.2 Å². The summed E-state index contributed by atoms with van der Waals surface area (Å²) in [6, 6.07) is 6.16. The zero-order valence-electron chi connectivity index (χ0n) is 9.20. The van der Waals surface area contributed by atoms with Gasteiger partial charge in [-0.15, -0.1) is 11.6 Å². The van der Waals surface area contributed by atoms with Crippen molar-refractivity contribution in [1.29, 1.82) is 5.26 Å². The van der Waals surface area contributed by atoms with Crippen LogP contribution in [0.3, 0.4) is 0 Å². The van der Waals surface area contributed by atoms with Crippen LogP contribution < -0.4 is 0 Å². The molecule has 0 spiro atoms. The first-order valence-corrected chi connectivity index (χ1v) is 5.39. The molecular formula is C12H10ClNO3. The normalized spacial score (nSPS) is 9.47. The van der Waals surface area contributed by atoms with Gasteiger partial charge in [0.05, 0.1) is 24.3 Å². The van der Waals surface area contributed by atoms with E-state index >= 15 is 0 Å². The number of alkyl halides is 1. The van der Waals surface area contributed by atoms with E-state index in [9.17, 15) is 9.59 Å². The first-order valence-electron chi connectivity index (χ1n) is 4.85. The lowest BCUT2D eigenvalue weighted by Gasteiger charge is -2.06. The van der Waals surface area contributed by atoms with Crippen LogP contribution in [0.15, 0.2) is 18.2 Å². The van der Waals surface area contributed by atoms with E-state index in [1.807, 2.05) is 6.07 Å². The predicted molar refractivity (Wildman–Crippen MR) is 62.2 cm³/mol. The molecule has 0 aromatic heterocycles. The molecule has 0 heterocycles. The highest BCUT2D eigenvalue weighted by molar-refractivity contribution is 6.20. The highest BCUT2D eigenvalue weighted by Crippen LogP contribution is 2.15. The van der Waals surface area contributed by atoms with Crippen molar-refractivity contribution in [3.05, 3.63) is 34.9 Å². The molecule has 0 aliphatic heterocycles. The van der Waals surface area contributed by atoms with Crippen LogP contribution in [0.5, 0.6) is 0 Å². The van der Waals surface area contributed by atoms with Gasteiger partial charge in [0.1, 0.15) is 0 Å². The molecular weight excluding hydrogens is 242 g/mol. The Morgan fingerprint density at radius 1 is 1.41 bits per heavy atom. The number of carbonyl (C=O) groups is 2. The molecule has 0 atom stereocenters. The second kappa shape index (κ2) is 6.02. The minimum absolute atomic E-state index is 0.0988. The molecule has 88 valence electrons. The van der Waals surface area contributed by atoms with Crippen molar-refractivity contribution in [2.24, 2.45) is 0 Å². The molecule has 1 aromatic rings. The molecule has 0 N–H and O–H groups in total. The van der Waals surface area contributed by atoms with Crippen LogP contribution in [0, 0.1) is 11.3 Å². The number of ether oxygens (including phenoxy) is 1. The SMILES string of the molecule is COC(=O)c1cc(C#N)ccc1C(=O)CCCl. The van der Waals surface area contributed by atoms with Crippen molar-refractivity contribution < 1.29 is 14.3 Å². The summed E-state index contributed by atoms with van der Waals surface area (Å²) in [6.45, 7) is 0. The molecule has 4 nitrogen and oxygen atoms in total. The summed E-state index contributed by atoms with van der Waals surface area (Å²) in [4.78, 5) is 23.2. The number of methoxy groups -OCH3 is 1. The van der Waals surface area contributed by atoms with Crippen molar-refractivity contribution >= 4 is 23.4 Å². The highest BCUT2D eigenvalue weighted by atomic mass is 35.5. The maximum Gasteiger partial charge on any atom is 0.338 e. The molecule has 0 aliphatic carbocycles. The van der Waals surface area contributed by atoms with E-state index in [-0.39, 0.29) is 29.2 Å². The number of halogens is 1. The summed E-state index contributed by atoms with van der Waals surface area (Å²) < 4.78 is 4.57. The van der Waals surface area contributed by atoms with Gasteiger partial charge in [-0.05, 0) is 18.2 Å². The van der Waals surface area contributed by atoms with E-state index in [2.05, 4.69) is 4.74 Å². The lowest BCUT2D eigenvalue weighted by Crippen LogP contribution is -2.11. The summed E-state index contributed by atoms with van der Waals surface area (Å²) in [5.74, 6) is -0.704. The predicted octanol–water partition coefficient (Wildman–Crippen LogP) is 2.16. The second-order valence-corrected chi connectivity index (χ2v) is 3.60. The second-order valence-electron chi connectivity index (χ2n) is 3.23. The van der Waals surface area contributed by atoms with Crippen LogP contribution in [-0.4, -0.2) is 24.7 Å². The van der Waals surface area contributed by atoms with Crippen molar-refractivity contribution in [3.63, 3.8) is 0 Å². The fourth-order valence-electron chi connectivity index (χ4n) is 1.36. The number of Topliss-reactive ketones (excluding diaryl/α,β-unsaturated/α-hetero) is 1. The Hall–Kier alpha value is -1.86. The standard InChI is InChI=1S/C12H10ClNO3/c1-17-12(16)10-6-8(7-14)2-3-9(10)11(15)4-5-13/h2-3,6H,4-5H2,1H3. The molecule has 0 radical (unpaired) electrons.